The third-order valence-corrected chi connectivity index (χ3v) is 6.95. The monoisotopic (exact) mass is 466 g/mol. The van der Waals surface area contributed by atoms with Gasteiger partial charge in [-0.05, 0) is 49.5 Å². The number of amides is 1. The molecule has 3 aromatic rings. The van der Waals surface area contributed by atoms with Gasteiger partial charge in [-0.15, -0.1) is 5.10 Å². The van der Waals surface area contributed by atoms with Crippen molar-refractivity contribution in [1.29, 1.82) is 0 Å². The second kappa shape index (κ2) is 10.2. The van der Waals surface area contributed by atoms with Crippen LogP contribution in [0.15, 0.2) is 29.4 Å². The quantitative estimate of drug-likeness (QED) is 0.534. The second-order valence-electron chi connectivity index (χ2n) is 9.48. The first-order chi connectivity index (χ1) is 15.8. The first kappa shape index (κ1) is 23.7. The molecule has 1 aliphatic heterocycles. The normalized spacial score (nSPS) is 19.2. The Balaban J connectivity index is 1.33. The number of fused-ring (bicyclic) bond motifs is 1. The summed E-state index contributed by atoms with van der Waals surface area (Å²) in [4.78, 5) is 24.2. The summed E-state index contributed by atoms with van der Waals surface area (Å²) in [6, 6.07) is 8.61. The van der Waals surface area contributed by atoms with E-state index in [4.69, 9.17) is 0 Å². The van der Waals surface area contributed by atoms with Gasteiger partial charge in [0, 0.05) is 43.1 Å². The average Bonchev–Trinajstić information content (AvgIpc) is 3.19. The average molecular weight is 467 g/mol. The zero-order valence-electron chi connectivity index (χ0n) is 20.3. The molecule has 2 aromatic heterocycles. The zero-order valence-corrected chi connectivity index (χ0v) is 21.1. The number of nitrogens with zero attached hydrogens (tertiary/aromatic N) is 5. The van der Waals surface area contributed by atoms with Gasteiger partial charge >= 0.3 is 0 Å². The van der Waals surface area contributed by atoms with E-state index in [1.54, 1.807) is 4.52 Å². The van der Waals surface area contributed by atoms with Crippen LogP contribution in [0, 0.1) is 25.7 Å². The van der Waals surface area contributed by atoms with Gasteiger partial charge in [0.05, 0.1) is 6.42 Å². The Morgan fingerprint density at radius 1 is 1.09 bits per heavy atom. The van der Waals surface area contributed by atoms with E-state index in [1.165, 1.54) is 36.8 Å². The predicted molar refractivity (Wildman–Crippen MR) is 132 cm³/mol. The summed E-state index contributed by atoms with van der Waals surface area (Å²) >= 11 is 1.48. The lowest BCUT2D eigenvalue weighted by Gasteiger charge is -2.35. The highest BCUT2D eigenvalue weighted by molar-refractivity contribution is 7.98. The van der Waals surface area contributed by atoms with Crippen LogP contribution in [-0.4, -0.2) is 49.7 Å². The number of hydrogen-bond donors (Lipinski definition) is 1. The number of aryl methyl sites for hydroxylation is 2. The Labute approximate surface area is 200 Å². The highest BCUT2D eigenvalue weighted by Gasteiger charge is 2.21. The molecule has 0 spiro atoms. The fourth-order valence-corrected chi connectivity index (χ4v) is 5.23. The van der Waals surface area contributed by atoms with Crippen LogP contribution in [0.4, 0.5) is 0 Å². The number of rotatable bonds is 7. The molecular formula is C25H34N6OS. The number of carbonyl (C=O) groups excluding carboxylic acids is 1. The van der Waals surface area contributed by atoms with Crippen LogP contribution < -0.4 is 5.32 Å². The molecule has 176 valence electrons. The van der Waals surface area contributed by atoms with Crippen molar-refractivity contribution in [2.24, 2.45) is 11.8 Å². The lowest BCUT2D eigenvalue weighted by atomic mass is 9.91. The van der Waals surface area contributed by atoms with Gasteiger partial charge in [0.15, 0.2) is 0 Å². The van der Waals surface area contributed by atoms with Gasteiger partial charge in [0.1, 0.15) is 0 Å². The molecule has 1 aromatic carbocycles. The van der Waals surface area contributed by atoms with Crippen LogP contribution >= 0.6 is 11.8 Å². The third kappa shape index (κ3) is 5.73. The van der Waals surface area contributed by atoms with Gasteiger partial charge in [-0.2, -0.15) is 4.98 Å². The van der Waals surface area contributed by atoms with E-state index in [-0.39, 0.29) is 12.3 Å². The number of piperidine rings is 1. The lowest BCUT2D eigenvalue weighted by Crippen LogP contribution is -2.38. The maximum atomic E-state index is 12.7. The molecule has 7 nitrogen and oxygen atoms in total. The van der Waals surface area contributed by atoms with E-state index in [9.17, 15) is 4.79 Å². The zero-order chi connectivity index (χ0) is 23.5. The molecule has 0 aliphatic carbocycles. The highest BCUT2D eigenvalue weighted by Crippen LogP contribution is 2.22. The van der Waals surface area contributed by atoms with Crippen LogP contribution in [0.1, 0.15) is 48.3 Å². The molecule has 2 unspecified atom stereocenters. The molecule has 0 radical (unpaired) electrons. The number of likely N-dealkylation sites (tertiary alicyclic amines) is 1. The minimum Gasteiger partial charge on any atom is -0.352 e. The Hall–Kier alpha value is -2.45. The van der Waals surface area contributed by atoms with Gasteiger partial charge < -0.3 is 5.32 Å². The Morgan fingerprint density at radius 3 is 2.42 bits per heavy atom. The standard InChI is InChI=1S/C25H34N6OS/c1-16-10-17(2)14-30(13-16)15-21-8-6-20(7-9-21)12-26-23(32)11-22-18(3)27-24-28-25(33-5)29-31(24)19(22)4/h6-9,16-17H,10-15H2,1-5H3,(H,26,32). The van der Waals surface area contributed by atoms with E-state index in [0.717, 1.165) is 40.9 Å². The summed E-state index contributed by atoms with van der Waals surface area (Å²) in [6.45, 7) is 12.4. The van der Waals surface area contributed by atoms with E-state index < -0.39 is 0 Å². The molecule has 4 rings (SSSR count). The van der Waals surface area contributed by atoms with Crippen molar-refractivity contribution in [3.8, 4) is 0 Å². The maximum absolute atomic E-state index is 12.7. The predicted octanol–water partition coefficient (Wildman–Crippen LogP) is 3.80. The van der Waals surface area contributed by atoms with Crippen molar-refractivity contribution in [2.45, 2.75) is 58.8 Å². The molecule has 1 aliphatic rings. The SMILES string of the molecule is CSc1nc2nc(C)c(CC(=O)NCc3ccc(CN4CC(C)CC(C)C4)cc3)c(C)n2n1. The maximum Gasteiger partial charge on any atom is 0.253 e. The largest absolute Gasteiger partial charge is 0.352 e. The van der Waals surface area contributed by atoms with Crippen molar-refractivity contribution >= 4 is 23.4 Å². The topological polar surface area (TPSA) is 75.4 Å². The smallest absolute Gasteiger partial charge is 0.253 e. The minimum absolute atomic E-state index is 0.0204. The summed E-state index contributed by atoms with van der Waals surface area (Å²) < 4.78 is 1.73. The molecular weight excluding hydrogens is 432 g/mol. The van der Waals surface area contributed by atoms with E-state index >= 15 is 0 Å². The molecule has 0 bridgehead atoms. The Morgan fingerprint density at radius 2 is 1.76 bits per heavy atom. The fourth-order valence-electron chi connectivity index (χ4n) is 4.90. The number of nitrogens with one attached hydrogen (secondary N) is 1. The van der Waals surface area contributed by atoms with Crippen LogP contribution in [0.5, 0.6) is 0 Å². The molecule has 2 atom stereocenters. The minimum atomic E-state index is -0.0204. The van der Waals surface area contributed by atoms with Crippen LogP contribution in [-0.2, 0) is 24.3 Å². The summed E-state index contributed by atoms with van der Waals surface area (Å²) in [5.74, 6) is 2.09. The number of thioether (sulfide) groups is 1. The van der Waals surface area contributed by atoms with E-state index in [1.807, 2.05) is 20.1 Å². The highest BCUT2D eigenvalue weighted by atomic mass is 32.2. The Bertz CT molecular complexity index is 1120. The van der Waals surface area contributed by atoms with Gasteiger partial charge in [-0.3, -0.25) is 9.69 Å². The van der Waals surface area contributed by atoms with Gasteiger partial charge in [-0.25, -0.2) is 9.50 Å². The van der Waals surface area contributed by atoms with Crippen molar-refractivity contribution < 1.29 is 4.79 Å². The van der Waals surface area contributed by atoms with Crippen LogP contribution in [0.25, 0.3) is 5.78 Å². The van der Waals surface area contributed by atoms with E-state index in [2.05, 4.69) is 63.4 Å². The van der Waals surface area contributed by atoms with Crippen molar-refractivity contribution in [1.82, 2.24) is 29.8 Å². The first-order valence-electron chi connectivity index (χ1n) is 11.7. The molecule has 3 heterocycles. The second-order valence-corrected chi connectivity index (χ2v) is 10.3. The molecule has 1 amide bonds. The molecule has 8 heteroatoms. The number of hydrogen-bond acceptors (Lipinski definition) is 6. The Kier molecular flexibility index (Phi) is 7.34. The first-order valence-corrected chi connectivity index (χ1v) is 12.9. The molecule has 1 fully saturated rings. The number of carbonyl (C=O) groups is 1. The number of benzene rings is 1. The van der Waals surface area contributed by atoms with Gasteiger partial charge in [-0.1, -0.05) is 49.9 Å². The van der Waals surface area contributed by atoms with Crippen molar-refractivity contribution in [2.75, 3.05) is 19.3 Å². The fraction of sp³-hybridized carbons (Fsp3) is 0.520. The molecule has 1 N–H and O–H groups in total. The summed E-state index contributed by atoms with van der Waals surface area (Å²) in [5, 5.41) is 8.19. The summed E-state index contributed by atoms with van der Waals surface area (Å²) in [6.07, 6.45) is 3.54. The van der Waals surface area contributed by atoms with Crippen molar-refractivity contribution in [3.63, 3.8) is 0 Å². The third-order valence-electron chi connectivity index (χ3n) is 6.41. The molecule has 33 heavy (non-hydrogen) atoms. The van der Waals surface area contributed by atoms with Crippen LogP contribution in [0.2, 0.25) is 0 Å². The molecule has 0 saturated carbocycles. The number of aromatic nitrogens is 4. The summed E-state index contributed by atoms with van der Waals surface area (Å²) in [7, 11) is 0. The van der Waals surface area contributed by atoms with Crippen LogP contribution in [0.3, 0.4) is 0 Å². The van der Waals surface area contributed by atoms with Crippen molar-refractivity contribution in [3.05, 3.63) is 52.3 Å². The van der Waals surface area contributed by atoms with Gasteiger partial charge in [0.25, 0.3) is 5.78 Å². The lowest BCUT2D eigenvalue weighted by molar-refractivity contribution is -0.120. The van der Waals surface area contributed by atoms with E-state index in [0.29, 0.717) is 17.5 Å². The van der Waals surface area contributed by atoms with Gasteiger partial charge in [0.2, 0.25) is 11.1 Å². The molecule has 1 saturated heterocycles. The summed E-state index contributed by atoms with van der Waals surface area (Å²) in [5.41, 5.74) is 5.06.